The number of rotatable bonds is 4. The first-order valence-corrected chi connectivity index (χ1v) is 6.13. The van der Waals surface area contributed by atoms with Crippen LogP contribution in [0.25, 0.3) is 11.6 Å². The number of aliphatic imine (C=N–C) groups is 1. The fraction of sp³-hybridized carbons (Fsp3) is 0.154. The topological polar surface area (TPSA) is 106 Å². The number of pyridine rings is 1. The van der Waals surface area contributed by atoms with Crippen LogP contribution in [0.3, 0.4) is 0 Å². The molecule has 118 valence electrons. The number of nitrogens with one attached hydrogen (secondary N) is 2. The van der Waals surface area contributed by atoms with Crippen molar-refractivity contribution in [2.45, 2.75) is 0 Å². The summed E-state index contributed by atoms with van der Waals surface area (Å²) >= 11 is 0. The Morgan fingerprint density at radius 3 is 2.91 bits per heavy atom. The lowest BCUT2D eigenvalue weighted by molar-refractivity contribution is 0.311. The highest BCUT2D eigenvalue weighted by molar-refractivity contribution is 6.20. The number of aliphatic hydroxyl groups is 1. The highest BCUT2D eigenvalue weighted by Gasteiger charge is 2.14. The van der Waals surface area contributed by atoms with Crippen LogP contribution >= 0.6 is 24.8 Å². The van der Waals surface area contributed by atoms with Crippen LogP contribution in [-0.4, -0.2) is 44.5 Å². The van der Waals surface area contributed by atoms with Gasteiger partial charge in [-0.05, 0) is 18.2 Å². The van der Waals surface area contributed by atoms with Gasteiger partial charge in [0.1, 0.15) is 5.69 Å². The Kier molecular flexibility index (Phi) is 6.36. The smallest absolute Gasteiger partial charge is 0.238 e. The summed E-state index contributed by atoms with van der Waals surface area (Å²) in [5.41, 5.74) is 2.23. The Morgan fingerprint density at radius 2 is 2.14 bits per heavy atom. The Bertz CT molecular complexity index is 699. The van der Waals surface area contributed by atoms with Crippen LogP contribution < -0.4 is 5.32 Å². The third-order valence-electron chi connectivity index (χ3n) is 2.84. The van der Waals surface area contributed by atoms with Crippen molar-refractivity contribution < 1.29 is 10.2 Å². The van der Waals surface area contributed by atoms with E-state index >= 15 is 0 Å². The molecule has 0 fully saturated rings. The van der Waals surface area contributed by atoms with E-state index in [1.54, 1.807) is 18.5 Å². The minimum atomic E-state index is -0.108. The molecule has 0 unspecified atom stereocenters. The molecule has 1 aliphatic heterocycles. The van der Waals surface area contributed by atoms with E-state index in [1.807, 2.05) is 12.1 Å². The van der Waals surface area contributed by atoms with E-state index in [-0.39, 0.29) is 37.3 Å². The molecule has 1 aliphatic rings. The number of imidazole rings is 1. The monoisotopic (exact) mass is 343 g/mol. The van der Waals surface area contributed by atoms with Gasteiger partial charge < -0.3 is 20.5 Å². The molecule has 3 rings (SSSR count). The van der Waals surface area contributed by atoms with E-state index in [9.17, 15) is 5.11 Å². The number of H-pyrrole nitrogens is 1. The lowest BCUT2D eigenvalue weighted by Crippen LogP contribution is -2.06. The summed E-state index contributed by atoms with van der Waals surface area (Å²) < 4.78 is 0. The molecule has 0 saturated heterocycles. The highest BCUT2D eigenvalue weighted by Crippen LogP contribution is 2.31. The molecule has 0 saturated carbocycles. The first-order chi connectivity index (χ1) is 9.78. The van der Waals surface area contributed by atoms with Gasteiger partial charge in [0, 0.05) is 30.1 Å². The molecule has 0 amide bonds. The number of aromatic amines is 1. The van der Waals surface area contributed by atoms with Gasteiger partial charge in [0.2, 0.25) is 11.8 Å². The van der Waals surface area contributed by atoms with E-state index in [4.69, 9.17) is 5.11 Å². The molecule has 3 heterocycles. The number of fused-ring (bicyclic) bond motifs is 1. The summed E-state index contributed by atoms with van der Waals surface area (Å²) in [6, 6.07) is 3.75. The van der Waals surface area contributed by atoms with Crippen LogP contribution in [0, 0.1) is 0 Å². The van der Waals surface area contributed by atoms with Crippen molar-refractivity contribution >= 4 is 54.4 Å². The van der Waals surface area contributed by atoms with Crippen molar-refractivity contribution in [1.82, 2.24) is 15.0 Å². The van der Waals surface area contributed by atoms with Gasteiger partial charge in [0.05, 0.1) is 6.61 Å². The number of allylic oxidation sites excluding steroid dienone is 1. The minimum absolute atomic E-state index is 0. The molecule has 0 aliphatic carbocycles. The van der Waals surface area contributed by atoms with Crippen molar-refractivity contribution in [1.29, 1.82) is 0 Å². The molecule has 2 aromatic heterocycles. The second-order valence-electron chi connectivity index (χ2n) is 4.21. The zero-order chi connectivity index (χ0) is 13.9. The summed E-state index contributed by atoms with van der Waals surface area (Å²) in [5, 5.41) is 21.4. The molecule has 0 aromatic carbocycles. The quantitative estimate of drug-likeness (QED) is 0.679. The van der Waals surface area contributed by atoms with Gasteiger partial charge in [0.15, 0.2) is 5.82 Å². The van der Waals surface area contributed by atoms with Crippen molar-refractivity contribution in [3.05, 3.63) is 29.6 Å². The van der Waals surface area contributed by atoms with E-state index < -0.39 is 0 Å². The zero-order valence-corrected chi connectivity index (χ0v) is 13.0. The van der Waals surface area contributed by atoms with Crippen molar-refractivity contribution in [2.24, 2.45) is 4.99 Å². The molecule has 0 bridgehead atoms. The van der Waals surface area contributed by atoms with Crippen molar-refractivity contribution in [3.63, 3.8) is 0 Å². The number of halogens is 2. The Morgan fingerprint density at radius 1 is 1.32 bits per heavy atom. The van der Waals surface area contributed by atoms with E-state index in [0.29, 0.717) is 24.0 Å². The minimum Gasteiger partial charge on any atom is -0.492 e. The van der Waals surface area contributed by atoms with Gasteiger partial charge in [-0.3, -0.25) is 0 Å². The lowest BCUT2D eigenvalue weighted by atomic mass is 10.1. The maximum atomic E-state index is 9.79. The first-order valence-electron chi connectivity index (χ1n) is 6.13. The predicted molar refractivity (Wildman–Crippen MR) is 90.6 cm³/mol. The average molecular weight is 344 g/mol. The number of hydrogen-bond donors (Lipinski definition) is 4. The molecule has 0 radical (unpaired) electrons. The molecule has 22 heavy (non-hydrogen) atoms. The standard InChI is InChI=1S/C13H13N5O2.2ClH/c19-5-4-15-13-17-10(12(20)18-13)6-8-7-16-11-9(8)2-1-3-14-11;;/h1-3,6-7,19-20H,4-5H2,(H2,15,17,18);2*1H. The average Bonchev–Trinajstić information content (AvgIpc) is 3.02. The molecule has 7 nitrogen and oxygen atoms in total. The molecular formula is C13H15Cl2N5O2. The summed E-state index contributed by atoms with van der Waals surface area (Å²) in [5.74, 6) is 0.963. The lowest BCUT2D eigenvalue weighted by Gasteiger charge is -1.98. The van der Waals surface area contributed by atoms with Crippen molar-refractivity contribution in [2.75, 3.05) is 18.5 Å². The maximum Gasteiger partial charge on any atom is 0.238 e. The number of aliphatic hydroxyl groups excluding tert-OH is 1. The fourth-order valence-corrected chi connectivity index (χ4v) is 1.93. The van der Waals surface area contributed by atoms with Gasteiger partial charge in [-0.1, -0.05) is 0 Å². The van der Waals surface area contributed by atoms with E-state index in [0.717, 1.165) is 11.1 Å². The largest absolute Gasteiger partial charge is 0.492 e. The Hall–Kier alpha value is -2.09. The number of anilines is 1. The fourth-order valence-electron chi connectivity index (χ4n) is 1.93. The van der Waals surface area contributed by atoms with Crippen LogP contribution in [0.2, 0.25) is 0 Å². The van der Waals surface area contributed by atoms with Crippen LogP contribution in [0.5, 0.6) is 5.88 Å². The van der Waals surface area contributed by atoms with Gasteiger partial charge in [-0.2, -0.15) is 4.98 Å². The van der Waals surface area contributed by atoms with Crippen molar-refractivity contribution in [3.8, 4) is 5.88 Å². The van der Waals surface area contributed by atoms with Crippen LogP contribution in [0.4, 0.5) is 11.8 Å². The third kappa shape index (κ3) is 3.56. The molecule has 9 heteroatoms. The number of aromatic nitrogens is 3. The summed E-state index contributed by atoms with van der Waals surface area (Å²) in [6.07, 6.45) is 5.13. The van der Waals surface area contributed by atoms with E-state index in [2.05, 4.69) is 25.3 Å². The normalized spacial score (nSPS) is 13.4. The summed E-state index contributed by atoms with van der Waals surface area (Å²) in [6.45, 7) is 0.348. The van der Waals surface area contributed by atoms with Crippen LogP contribution in [-0.2, 0) is 0 Å². The molecule has 4 N–H and O–H groups in total. The molecule has 0 atom stereocenters. The third-order valence-corrected chi connectivity index (χ3v) is 2.84. The highest BCUT2D eigenvalue weighted by atomic mass is 35.5. The maximum absolute atomic E-state index is 9.79. The molecule has 2 aromatic rings. The molecular weight excluding hydrogens is 329 g/mol. The molecule has 0 spiro atoms. The summed E-state index contributed by atoms with van der Waals surface area (Å²) in [4.78, 5) is 15.2. The van der Waals surface area contributed by atoms with E-state index in [1.165, 1.54) is 0 Å². The second-order valence-corrected chi connectivity index (χ2v) is 4.21. The second kappa shape index (κ2) is 7.79. The Labute approximate surface area is 139 Å². The number of hydrogen-bond acceptors (Lipinski definition) is 6. The Balaban J connectivity index is 0.00000121. The predicted octanol–water partition coefficient (Wildman–Crippen LogP) is 2.01. The van der Waals surface area contributed by atoms with Gasteiger partial charge >= 0.3 is 0 Å². The number of nitrogens with zero attached hydrogens (tertiary/aromatic N) is 3. The van der Waals surface area contributed by atoms with Gasteiger partial charge in [-0.25, -0.2) is 9.98 Å². The first kappa shape index (κ1) is 18.0. The SMILES string of the molecule is Cl.Cl.OCCNc1nc(O)c(C=C2C=Nc3ncccc32)[nH]1. The van der Waals surface area contributed by atoms with Gasteiger partial charge in [0.25, 0.3) is 0 Å². The summed E-state index contributed by atoms with van der Waals surface area (Å²) in [7, 11) is 0. The van der Waals surface area contributed by atoms with Crippen LogP contribution in [0.15, 0.2) is 23.3 Å². The van der Waals surface area contributed by atoms with Gasteiger partial charge in [-0.15, -0.1) is 24.8 Å². The van der Waals surface area contributed by atoms with Crippen LogP contribution in [0.1, 0.15) is 11.3 Å². The zero-order valence-electron chi connectivity index (χ0n) is 11.4. The number of aromatic hydroxyl groups is 1.